The van der Waals surface area contributed by atoms with Gasteiger partial charge in [0.25, 0.3) is 5.91 Å². The molecule has 1 aromatic rings. The molecule has 2 rings (SSSR count). The highest BCUT2D eigenvalue weighted by Crippen LogP contribution is 2.18. The molecule has 1 aliphatic rings. The third-order valence-electron chi connectivity index (χ3n) is 2.39. The van der Waals surface area contributed by atoms with Crippen LogP contribution in [-0.2, 0) is 0 Å². The Morgan fingerprint density at radius 3 is 2.86 bits per heavy atom. The standard InChI is InChI=1S/C10H11FN2O/c11-9-6-2-5-8(13-9)10(14)12-7-3-1-4-7/h2,5-7H,1,3-4H2,(H,12,14). The van der Waals surface area contributed by atoms with E-state index < -0.39 is 5.95 Å². The van der Waals surface area contributed by atoms with E-state index in [1.165, 1.54) is 18.2 Å². The van der Waals surface area contributed by atoms with Crippen molar-refractivity contribution in [3.05, 3.63) is 29.8 Å². The van der Waals surface area contributed by atoms with E-state index in [4.69, 9.17) is 0 Å². The van der Waals surface area contributed by atoms with Crippen LogP contribution in [0.2, 0.25) is 0 Å². The zero-order valence-corrected chi connectivity index (χ0v) is 7.66. The quantitative estimate of drug-likeness (QED) is 0.725. The van der Waals surface area contributed by atoms with Crippen LogP contribution in [0.3, 0.4) is 0 Å². The number of carbonyl (C=O) groups excluding carboxylic acids is 1. The van der Waals surface area contributed by atoms with Gasteiger partial charge in [-0.05, 0) is 31.4 Å². The average molecular weight is 194 g/mol. The molecule has 1 fully saturated rings. The summed E-state index contributed by atoms with van der Waals surface area (Å²) in [4.78, 5) is 15.0. The van der Waals surface area contributed by atoms with Crippen molar-refractivity contribution in [2.45, 2.75) is 25.3 Å². The summed E-state index contributed by atoms with van der Waals surface area (Å²) < 4.78 is 12.7. The van der Waals surface area contributed by atoms with Crippen LogP contribution in [0.15, 0.2) is 18.2 Å². The van der Waals surface area contributed by atoms with Gasteiger partial charge in [0.2, 0.25) is 5.95 Å². The Balaban J connectivity index is 2.02. The normalized spacial score (nSPS) is 16.1. The SMILES string of the molecule is O=C(NC1CCC1)c1cccc(F)n1. The summed E-state index contributed by atoms with van der Waals surface area (Å²) in [7, 11) is 0. The fourth-order valence-electron chi connectivity index (χ4n) is 1.35. The molecule has 3 nitrogen and oxygen atoms in total. The van der Waals surface area contributed by atoms with Crippen LogP contribution in [-0.4, -0.2) is 16.9 Å². The molecule has 0 saturated heterocycles. The van der Waals surface area contributed by atoms with Crippen molar-refractivity contribution in [3.63, 3.8) is 0 Å². The number of halogens is 1. The van der Waals surface area contributed by atoms with Gasteiger partial charge in [0.05, 0.1) is 0 Å². The highest BCUT2D eigenvalue weighted by atomic mass is 19.1. The van der Waals surface area contributed by atoms with E-state index in [1.54, 1.807) is 0 Å². The Morgan fingerprint density at radius 2 is 2.29 bits per heavy atom. The molecule has 4 heteroatoms. The number of rotatable bonds is 2. The van der Waals surface area contributed by atoms with Gasteiger partial charge in [-0.3, -0.25) is 4.79 Å². The van der Waals surface area contributed by atoms with Crippen LogP contribution < -0.4 is 5.32 Å². The smallest absolute Gasteiger partial charge is 0.270 e. The highest BCUT2D eigenvalue weighted by Gasteiger charge is 2.20. The van der Waals surface area contributed by atoms with Crippen LogP contribution in [0.1, 0.15) is 29.8 Å². The minimum absolute atomic E-state index is 0.150. The van der Waals surface area contributed by atoms with Gasteiger partial charge in [-0.1, -0.05) is 6.07 Å². The second kappa shape index (κ2) is 3.74. The Bertz CT molecular complexity index is 350. The maximum atomic E-state index is 12.7. The summed E-state index contributed by atoms with van der Waals surface area (Å²) in [6.45, 7) is 0. The number of carbonyl (C=O) groups is 1. The van der Waals surface area contributed by atoms with Crippen molar-refractivity contribution in [2.75, 3.05) is 0 Å². The molecular formula is C10H11FN2O. The van der Waals surface area contributed by atoms with Gasteiger partial charge in [-0.15, -0.1) is 0 Å². The molecule has 0 spiro atoms. The van der Waals surface area contributed by atoms with E-state index in [9.17, 15) is 9.18 Å². The third-order valence-corrected chi connectivity index (χ3v) is 2.39. The summed E-state index contributed by atoms with van der Waals surface area (Å²) in [5.74, 6) is -0.902. The number of nitrogens with one attached hydrogen (secondary N) is 1. The van der Waals surface area contributed by atoms with Crippen molar-refractivity contribution in [1.82, 2.24) is 10.3 Å². The van der Waals surface area contributed by atoms with Crippen LogP contribution in [0.5, 0.6) is 0 Å². The van der Waals surface area contributed by atoms with E-state index in [0.29, 0.717) is 0 Å². The molecule has 74 valence electrons. The van der Waals surface area contributed by atoms with E-state index in [2.05, 4.69) is 10.3 Å². The van der Waals surface area contributed by atoms with Gasteiger partial charge >= 0.3 is 0 Å². The van der Waals surface area contributed by atoms with Gasteiger partial charge in [-0.2, -0.15) is 4.39 Å². The molecule has 1 heterocycles. The van der Waals surface area contributed by atoms with Crippen molar-refractivity contribution >= 4 is 5.91 Å². The van der Waals surface area contributed by atoms with E-state index in [-0.39, 0.29) is 17.6 Å². The first kappa shape index (κ1) is 9.12. The summed E-state index contributed by atoms with van der Waals surface area (Å²) in [5, 5.41) is 2.79. The molecule has 0 atom stereocenters. The number of nitrogens with zero attached hydrogens (tertiary/aromatic N) is 1. The Kier molecular flexibility index (Phi) is 2.43. The Morgan fingerprint density at radius 1 is 1.50 bits per heavy atom. The number of pyridine rings is 1. The first-order valence-electron chi connectivity index (χ1n) is 4.69. The van der Waals surface area contributed by atoms with Crippen molar-refractivity contribution < 1.29 is 9.18 Å². The first-order chi connectivity index (χ1) is 6.75. The maximum absolute atomic E-state index is 12.7. The minimum atomic E-state index is -0.619. The van der Waals surface area contributed by atoms with Crippen molar-refractivity contribution in [1.29, 1.82) is 0 Å². The summed E-state index contributed by atoms with van der Waals surface area (Å²) in [6.07, 6.45) is 3.18. The average Bonchev–Trinajstić information content (AvgIpc) is 2.11. The molecule has 1 N–H and O–H groups in total. The zero-order chi connectivity index (χ0) is 9.97. The van der Waals surface area contributed by atoms with Gasteiger partial charge in [0, 0.05) is 6.04 Å². The first-order valence-corrected chi connectivity index (χ1v) is 4.69. The van der Waals surface area contributed by atoms with Crippen LogP contribution in [0, 0.1) is 5.95 Å². The molecule has 1 saturated carbocycles. The second-order valence-corrected chi connectivity index (χ2v) is 3.45. The predicted octanol–water partition coefficient (Wildman–Crippen LogP) is 1.50. The van der Waals surface area contributed by atoms with Crippen LogP contribution in [0.25, 0.3) is 0 Å². The second-order valence-electron chi connectivity index (χ2n) is 3.45. The fourth-order valence-corrected chi connectivity index (χ4v) is 1.35. The van der Waals surface area contributed by atoms with Crippen LogP contribution >= 0.6 is 0 Å². The maximum Gasteiger partial charge on any atom is 0.270 e. The lowest BCUT2D eigenvalue weighted by Gasteiger charge is -2.26. The Hall–Kier alpha value is -1.45. The van der Waals surface area contributed by atoms with Gasteiger partial charge in [0.15, 0.2) is 0 Å². The lowest BCUT2D eigenvalue weighted by Crippen LogP contribution is -2.39. The molecule has 0 radical (unpaired) electrons. The van der Waals surface area contributed by atoms with E-state index in [0.717, 1.165) is 19.3 Å². The summed E-state index contributed by atoms with van der Waals surface area (Å²) >= 11 is 0. The summed E-state index contributed by atoms with van der Waals surface area (Å²) in [5.41, 5.74) is 0.150. The minimum Gasteiger partial charge on any atom is -0.348 e. The lowest BCUT2D eigenvalue weighted by atomic mass is 9.93. The number of aromatic nitrogens is 1. The van der Waals surface area contributed by atoms with Gasteiger partial charge in [0.1, 0.15) is 5.69 Å². The summed E-state index contributed by atoms with van der Waals surface area (Å²) in [6, 6.07) is 4.47. The largest absolute Gasteiger partial charge is 0.348 e. The zero-order valence-electron chi connectivity index (χ0n) is 7.66. The Labute approximate surface area is 81.3 Å². The predicted molar refractivity (Wildman–Crippen MR) is 49.3 cm³/mol. The molecule has 0 aliphatic heterocycles. The molecular weight excluding hydrogens is 183 g/mol. The highest BCUT2D eigenvalue weighted by molar-refractivity contribution is 5.92. The van der Waals surface area contributed by atoms with Gasteiger partial charge < -0.3 is 5.32 Å². The van der Waals surface area contributed by atoms with Crippen LogP contribution in [0.4, 0.5) is 4.39 Å². The monoisotopic (exact) mass is 194 g/mol. The molecule has 14 heavy (non-hydrogen) atoms. The molecule has 0 unspecified atom stereocenters. The van der Waals surface area contributed by atoms with Crippen molar-refractivity contribution in [2.24, 2.45) is 0 Å². The lowest BCUT2D eigenvalue weighted by molar-refractivity contribution is 0.0910. The van der Waals surface area contributed by atoms with Gasteiger partial charge in [-0.25, -0.2) is 4.98 Å². The number of amides is 1. The van der Waals surface area contributed by atoms with E-state index in [1.807, 2.05) is 0 Å². The molecule has 1 aromatic heterocycles. The third kappa shape index (κ3) is 1.89. The van der Waals surface area contributed by atoms with E-state index >= 15 is 0 Å². The molecule has 0 bridgehead atoms. The number of hydrogen-bond donors (Lipinski definition) is 1. The van der Waals surface area contributed by atoms with Crippen molar-refractivity contribution in [3.8, 4) is 0 Å². The molecule has 1 amide bonds. The topological polar surface area (TPSA) is 42.0 Å². The fraction of sp³-hybridized carbons (Fsp3) is 0.400. The molecule has 1 aliphatic carbocycles. The molecule has 0 aromatic carbocycles. The number of hydrogen-bond acceptors (Lipinski definition) is 2.